The Morgan fingerprint density at radius 2 is 2.20 bits per heavy atom. The SMILES string of the molecule is CC[C@@H](C)[C@@H](OC)C(=O)O. The van der Waals surface area contributed by atoms with Gasteiger partial charge in [0.1, 0.15) is 0 Å². The minimum Gasteiger partial charge on any atom is -0.479 e. The number of carbonyl (C=O) groups is 1. The van der Waals surface area contributed by atoms with Crippen molar-refractivity contribution >= 4 is 5.97 Å². The number of ether oxygens (including phenoxy) is 1. The van der Waals surface area contributed by atoms with Crippen LogP contribution in [0.1, 0.15) is 20.3 Å². The first-order valence-corrected chi connectivity index (χ1v) is 3.39. The molecule has 0 aromatic carbocycles. The first kappa shape index (κ1) is 9.43. The molecule has 3 nitrogen and oxygen atoms in total. The second-order valence-electron chi connectivity index (χ2n) is 2.38. The van der Waals surface area contributed by atoms with Crippen LogP contribution in [0.5, 0.6) is 0 Å². The zero-order chi connectivity index (χ0) is 8.15. The van der Waals surface area contributed by atoms with Crippen LogP contribution in [0.3, 0.4) is 0 Å². The predicted octanol–water partition coefficient (Wildman–Crippen LogP) is 1.13. The van der Waals surface area contributed by atoms with E-state index in [1.54, 1.807) is 0 Å². The molecule has 0 fully saturated rings. The summed E-state index contributed by atoms with van der Waals surface area (Å²) in [6, 6.07) is 0. The lowest BCUT2D eigenvalue weighted by molar-refractivity contribution is -0.151. The quantitative estimate of drug-likeness (QED) is 0.646. The molecule has 0 heterocycles. The third-order valence-corrected chi connectivity index (χ3v) is 1.66. The van der Waals surface area contributed by atoms with Crippen molar-refractivity contribution in [3.8, 4) is 0 Å². The van der Waals surface area contributed by atoms with E-state index in [1.807, 2.05) is 13.8 Å². The summed E-state index contributed by atoms with van der Waals surface area (Å²) in [6.45, 7) is 3.81. The maximum absolute atomic E-state index is 10.4. The number of hydrogen-bond acceptors (Lipinski definition) is 2. The Bertz CT molecular complexity index is 111. The average molecular weight is 146 g/mol. The molecular weight excluding hydrogens is 132 g/mol. The maximum atomic E-state index is 10.4. The lowest BCUT2D eigenvalue weighted by Crippen LogP contribution is -2.29. The lowest BCUT2D eigenvalue weighted by atomic mass is 10.0. The van der Waals surface area contributed by atoms with E-state index in [0.29, 0.717) is 0 Å². The summed E-state index contributed by atoms with van der Waals surface area (Å²) in [5.74, 6) is -0.792. The van der Waals surface area contributed by atoms with Gasteiger partial charge in [0.2, 0.25) is 0 Å². The number of hydrogen-bond donors (Lipinski definition) is 1. The van der Waals surface area contributed by atoms with Gasteiger partial charge in [-0.1, -0.05) is 20.3 Å². The Morgan fingerprint density at radius 3 is 2.30 bits per heavy atom. The zero-order valence-corrected chi connectivity index (χ0v) is 6.63. The Balaban J connectivity index is 3.92. The highest BCUT2D eigenvalue weighted by molar-refractivity contribution is 5.72. The van der Waals surface area contributed by atoms with Crippen LogP contribution in [-0.4, -0.2) is 24.3 Å². The summed E-state index contributed by atoms with van der Waals surface area (Å²) in [4.78, 5) is 10.4. The number of carboxylic acid groups (broad SMARTS) is 1. The van der Waals surface area contributed by atoms with E-state index >= 15 is 0 Å². The first-order chi connectivity index (χ1) is 4.63. The highest BCUT2D eigenvalue weighted by Gasteiger charge is 2.21. The second kappa shape index (κ2) is 4.28. The van der Waals surface area contributed by atoms with Gasteiger partial charge in [-0.25, -0.2) is 4.79 Å². The van der Waals surface area contributed by atoms with Gasteiger partial charge in [0.25, 0.3) is 0 Å². The lowest BCUT2D eigenvalue weighted by Gasteiger charge is -2.15. The van der Waals surface area contributed by atoms with Gasteiger partial charge in [-0.05, 0) is 5.92 Å². The molecule has 1 N–H and O–H groups in total. The van der Waals surface area contributed by atoms with Crippen LogP contribution in [-0.2, 0) is 9.53 Å². The minimum absolute atomic E-state index is 0.0856. The van der Waals surface area contributed by atoms with Crippen LogP contribution < -0.4 is 0 Å². The molecule has 0 unspecified atom stereocenters. The molecule has 0 aromatic rings. The molecule has 0 aliphatic heterocycles. The molecule has 3 heteroatoms. The van der Waals surface area contributed by atoms with E-state index in [0.717, 1.165) is 6.42 Å². The molecule has 0 aliphatic carbocycles. The highest BCUT2D eigenvalue weighted by atomic mass is 16.5. The fourth-order valence-corrected chi connectivity index (χ4v) is 0.791. The molecule has 60 valence electrons. The molecule has 0 saturated carbocycles. The molecule has 0 aliphatic rings. The Kier molecular flexibility index (Phi) is 4.03. The molecule has 0 rings (SSSR count). The Hall–Kier alpha value is -0.570. The fraction of sp³-hybridized carbons (Fsp3) is 0.857. The molecule has 0 bridgehead atoms. The van der Waals surface area contributed by atoms with E-state index in [2.05, 4.69) is 0 Å². The van der Waals surface area contributed by atoms with Gasteiger partial charge in [-0.15, -0.1) is 0 Å². The Labute approximate surface area is 61.0 Å². The molecule has 0 saturated heterocycles. The third kappa shape index (κ3) is 2.35. The van der Waals surface area contributed by atoms with Gasteiger partial charge < -0.3 is 9.84 Å². The average Bonchev–Trinajstić information content (AvgIpc) is 1.88. The number of rotatable bonds is 4. The Morgan fingerprint density at radius 1 is 1.70 bits per heavy atom. The van der Waals surface area contributed by atoms with Crippen molar-refractivity contribution in [3.05, 3.63) is 0 Å². The topological polar surface area (TPSA) is 46.5 Å². The molecular formula is C7H14O3. The molecule has 10 heavy (non-hydrogen) atoms. The van der Waals surface area contributed by atoms with Gasteiger partial charge in [0, 0.05) is 7.11 Å². The summed E-state index contributed by atoms with van der Waals surface area (Å²) in [5, 5.41) is 8.55. The summed E-state index contributed by atoms with van der Waals surface area (Å²) in [6.07, 6.45) is 0.176. The van der Waals surface area contributed by atoms with E-state index in [1.165, 1.54) is 7.11 Å². The van der Waals surface area contributed by atoms with Crippen molar-refractivity contribution in [1.82, 2.24) is 0 Å². The van der Waals surface area contributed by atoms with Crippen LogP contribution in [0.4, 0.5) is 0 Å². The summed E-state index contributed by atoms with van der Waals surface area (Å²) in [5.41, 5.74) is 0. The smallest absolute Gasteiger partial charge is 0.333 e. The molecule has 0 amide bonds. The van der Waals surface area contributed by atoms with Crippen molar-refractivity contribution in [2.75, 3.05) is 7.11 Å². The van der Waals surface area contributed by atoms with Gasteiger partial charge >= 0.3 is 5.97 Å². The van der Waals surface area contributed by atoms with E-state index in [-0.39, 0.29) is 5.92 Å². The van der Waals surface area contributed by atoms with Crippen LogP contribution in [0.25, 0.3) is 0 Å². The van der Waals surface area contributed by atoms with Crippen molar-refractivity contribution in [2.45, 2.75) is 26.4 Å². The molecule has 0 spiro atoms. The van der Waals surface area contributed by atoms with Crippen LogP contribution in [0.2, 0.25) is 0 Å². The van der Waals surface area contributed by atoms with E-state index < -0.39 is 12.1 Å². The first-order valence-electron chi connectivity index (χ1n) is 3.39. The van der Waals surface area contributed by atoms with Crippen LogP contribution in [0, 0.1) is 5.92 Å². The van der Waals surface area contributed by atoms with Crippen molar-refractivity contribution in [1.29, 1.82) is 0 Å². The fourth-order valence-electron chi connectivity index (χ4n) is 0.791. The monoisotopic (exact) mass is 146 g/mol. The maximum Gasteiger partial charge on any atom is 0.333 e. The van der Waals surface area contributed by atoms with E-state index in [4.69, 9.17) is 9.84 Å². The van der Waals surface area contributed by atoms with E-state index in [9.17, 15) is 4.79 Å². The largest absolute Gasteiger partial charge is 0.479 e. The predicted molar refractivity (Wildman–Crippen MR) is 37.9 cm³/mol. The molecule has 0 aromatic heterocycles. The number of aliphatic carboxylic acids is 1. The molecule has 0 radical (unpaired) electrons. The van der Waals surface area contributed by atoms with Crippen molar-refractivity contribution < 1.29 is 14.6 Å². The van der Waals surface area contributed by atoms with Crippen molar-refractivity contribution in [2.24, 2.45) is 5.92 Å². The standard InChI is InChI=1S/C7H14O3/c1-4-5(2)6(10-3)7(8)9/h5-6H,4H2,1-3H3,(H,8,9)/t5-,6-/m1/s1. The normalized spacial score (nSPS) is 16.3. The summed E-state index contributed by atoms with van der Waals surface area (Å²) in [7, 11) is 1.42. The van der Waals surface area contributed by atoms with Crippen molar-refractivity contribution in [3.63, 3.8) is 0 Å². The van der Waals surface area contributed by atoms with Crippen LogP contribution >= 0.6 is 0 Å². The summed E-state index contributed by atoms with van der Waals surface area (Å²) >= 11 is 0. The van der Waals surface area contributed by atoms with Crippen LogP contribution in [0.15, 0.2) is 0 Å². The number of carboxylic acids is 1. The third-order valence-electron chi connectivity index (χ3n) is 1.66. The highest BCUT2D eigenvalue weighted by Crippen LogP contribution is 2.10. The summed E-state index contributed by atoms with van der Waals surface area (Å²) < 4.78 is 4.76. The van der Waals surface area contributed by atoms with Gasteiger partial charge in [0.15, 0.2) is 6.10 Å². The molecule has 2 atom stereocenters. The van der Waals surface area contributed by atoms with Gasteiger partial charge in [0.05, 0.1) is 0 Å². The number of methoxy groups -OCH3 is 1. The second-order valence-corrected chi connectivity index (χ2v) is 2.38. The minimum atomic E-state index is -0.878. The van der Waals surface area contributed by atoms with Gasteiger partial charge in [-0.2, -0.15) is 0 Å². The van der Waals surface area contributed by atoms with Gasteiger partial charge in [-0.3, -0.25) is 0 Å². The zero-order valence-electron chi connectivity index (χ0n) is 6.63.